The molecule has 0 amide bonds. The van der Waals surface area contributed by atoms with Crippen LogP contribution in [0.25, 0.3) is 22.0 Å². The molecule has 0 fully saturated rings. The van der Waals surface area contributed by atoms with Crippen molar-refractivity contribution in [2.75, 3.05) is 0 Å². The summed E-state index contributed by atoms with van der Waals surface area (Å²) in [5.74, 6) is -0.994. The van der Waals surface area contributed by atoms with Crippen LogP contribution in [0.15, 0.2) is 57.7 Å². The highest BCUT2D eigenvalue weighted by molar-refractivity contribution is 6.50. The van der Waals surface area contributed by atoms with Crippen LogP contribution in [0.5, 0.6) is 0 Å². The normalized spacial score (nSPS) is 11.6. The number of halogens is 1. The molecule has 1 aromatic heterocycles. The Balaban J connectivity index is 2.00. The summed E-state index contributed by atoms with van der Waals surface area (Å²) in [6, 6.07) is 12.9. The first-order valence-corrected chi connectivity index (χ1v) is 7.03. The van der Waals surface area contributed by atoms with Crippen molar-refractivity contribution in [1.29, 1.82) is 0 Å². The van der Waals surface area contributed by atoms with Crippen LogP contribution < -0.4 is 5.63 Å². The number of carboxylic acids is 1. The zero-order chi connectivity index (χ0) is 16.4. The maximum atomic E-state index is 11.9. The maximum Gasteiger partial charge on any atom is 0.347 e. The fraction of sp³-hybridized carbons (Fsp3) is 0. The number of carboxylic acid groups (broad SMARTS) is 1. The SMILES string of the molecule is O=C(O)c1ccc(/C=C(\Cl)c2nc3ccccc3c(=O)o2)cc1. The van der Waals surface area contributed by atoms with Gasteiger partial charge in [-0.1, -0.05) is 35.9 Å². The second-order valence-electron chi connectivity index (χ2n) is 4.74. The van der Waals surface area contributed by atoms with E-state index in [1.54, 1.807) is 42.5 Å². The Morgan fingerprint density at radius 1 is 1.13 bits per heavy atom. The van der Waals surface area contributed by atoms with Crippen molar-refractivity contribution in [3.8, 4) is 0 Å². The lowest BCUT2D eigenvalue weighted by molar-refractivity contribution is 0.0697. The molecule has 0 aliphatic rings. The first kappa shape index (κ1) is 15.0. The molecule has 1 heterocycles. The molecule has 0 spiro atoms. The van der Waals surface area contributed by atoms with Crippen molar-refractivity contribution < 1.29 is 14.3 Å². The summed E-state index contributed by atoms with van der Waals surface area (Å²) >= 11 is 6.17. The van der Waals surface area contributed by atoms with Gasteiger partial charge in [-0.3, -0.25) is 0 Å². The van der Waals surface area contributed by atoms with E-state index in [1.165, 1.54) is 12.1 Å². The average molecular weight is 328 g/mol. The number of aromatic carboxylic acids is 1. The van der Waals surface area contributed by atoms with Crippen molar-refractivity contribution in [1.82, 2.24) is 4.98 Å². The van der Waals surface area contributed by atoms with E-state index in [4.69, 9.17) is 21.1 Å². The maximum absolute atomic E-state index is 11.9. The number of rotatable bonds is 3. The number of hydrogen-bond acceptors (Lipinski definition) is 4. The zero-order valence-electron chi connectivity index (χ0n) is 11.7. The molecule has 5 nitrogen and oxygen atoms in total. The standard InChI is InChI=1S/C17H10ClNO4/c18-13(9-10-5-7-11(8-6-10)16(20)21)15-19-14-4-2-1-3-12(14)17(22)23-15/h1-9H,(H,20,21)/b13-9-. The van der Waals surface area contributed by atoms with Gasteiger partial charge in [0.2, 0.25) is 5.89 Å². The van der Waals surface area contributed by atoms with Crippen molar-refractivity contribution in [3.63, 3.8) is 0 Å². The molecule has 0 bridgehead atoms. The molecular formula is C17H10ClNO4. The van der Waals surface area contributed by atoms with Gasteiger partial charge in [-0.05, 0) is 35.9 Å². The van der Waals surface area contributed by atoms with Crippen LogP contribution in [0.4, 0.5) is 0 Å². The molecule has 0 unspecified atom stereocenters. The van der Waals surface area contributed by atoms with Crippen LogP contribution in [0, 0.1) is 0 Å². The molecule has 1 N–H and O–H groups in total. The van der Waals surface area contributed by atoms with E-state index in [9.17, 15) is 9.59 Å². The van der Waals surface area contributed by atoms with Crippen molar-refractivity contribution in [2.45, 2.75) is 0 Å². The Hall–Kier alpha value is -2.92. The fourth-order valence-corrected chi connectivity index (χ4v) is 2.26. The summed E-state index contributed by atoms with van der Waals surface area (Å²) in [6.45, 7) is 0. The highest BCUT2D eigenvalue weighted by Crippen LogP contribution is 2.21. The minimum absolute atomic E-state index is 0.0117. The van der Waals surface area contributed by atoms with Crippen LogP contribution >= 0.6 is 11.6 Å². The Labute approximate surface area is 135 Å². The average Bonchev–Trinajstić information content (AvgIpc) is 2.55. The van der Waals surface area contributed by atoms with Gasteiger partial charge in [-0.15, -0.1) is 0 Å². The summed E-state index contributed by atoms with van der Waals surface area (Å²) in [7, 11) is 0. The second-order valence-corrected chi connectivity index (χ2v) is 5.15. The van der Waals surface area contributed by atoms with E-state index >= 15 is 0 Å². The van der Waals surface area contributed by atoms with Gasteiger partial charge >= 0.3 is 11.6 Å². The number of fused-ring (bicyclic) bond motifs is 1. The minimum atomic E-state index is -1.01. The number of nitrogens with zero attached hydrogens (tertiary/aromatic N) is 1. The van der Waals surface area contributed by atoms with Gasteiger partial charge in [0.25, 0.3) is 0 Å². The van der Waals surface area contributed by atoms with Crippen LogP contribution in [-0.4, -0.2) is 16.1 Å². The topological polar surface area (TPSA) is 80.4 Å². The van der Waals surface area contributed by atoms with Crippen LogP contribution in [0.3, 0.4) is 0 Å². The predicted octanol–water partition coefficient (Wildman–Crippen LogP) is 3.62. The highest BCUT2D eigenvalue weighted by atomic mass is 35.5. The summed E-state index contributed by atoms with van der Waals surface area (Å²) in [4.78, 5) is 27.0. The molecule has 3 rings (SSSR count). The summed E-state index contributed by atoms with van der Waals surface area (Å²) in [5, 5.41) is 9.40. The Morgan fingerprint density at radius 3 is 2.52 bits per heavy atom. The molecular weight excluding hydrogens is 318 g/mol. The van der Waals surface area contributed by atoms with Gasteiger partial charge in [0.05, 0.1) is 16.5 Å². The lowest BCUT2D eigenvalue weighted by Gasteiger charge is -2.01. The van der Waals surface area contributed by atoms with E-state index in [-0.39, 0.29) is 16.5 Å². The van der Waals surface area contributed by atoms with Crippen LogP contribution in [0.1, 0.15) is 21.8 Å². The largest absolute Gasteiger partial charge is 0.478 e. The monoisotopic (exact) mass is 327 g/mol. The molecule has 0 saturated carbocycles. The van der Waals surface area contributed by atoms with Crippen molar-refractivity contribution in [2.24, 2.45) is 0 Å². The predicted molar refractivity (Wildman–Crippen MR) is 87.4 cm³/mol. The summed E-state index contributed by atoms with van der Waals surface area (Å²) in [5.41, 5.74) is 0.816. The van der Waals surface area contributed by atoms with E-state index < -0.39 is 11.6 Å². The Morgan fingerprint density at radius 2 is 1.83 bits per heavy atom. The Bertz CT molecular complexity index is 974. The molecule has 2 aromatic carbocycles. The van der Waals surface area contributed by atoms with E-state index in [1.807, 2.05) is 0 Å². The number of aromatic nitrogens is 1. The third kappa shape index (κ3) is 3.14. The molecule has 0 atom stereocenters. The van der Waals surface area contributed by atoms with Crippen LogP contribution in [0.2, 0.25) is 0 Å². The smallest absolute Gasteiger partial charge is 0.347 e. The van der Waals surface area contributed by atoms with Gasteiger partial charge in [-0.25, -0.2) is 14.6 Å². The number of carbonyl (C=O) groups is 1. The highest BCUT2D eigenvalue weighted by Gasteiger charge is 2.09. The van der Waals surface area contributed by atoms with Gasteiger partial charge in [0.1, 0.15) is 5.03 Å². The third-order valence-electron chi connectivity index (χ3n) is 3.19. The fourth-order valence-electron chi connectivity index (χ4n) is 2.05. The molecule has 6 heteroatoms. The summed E-state index contributed by atoms with van der Waals surface area (Å²) < 4.78 is 5.13. The molecule has 0 saturated heterocycles. The van der Waals surface area contributed by atoms with Crippen molar-refractivity contribution in [3.05, 3.63) is 76.0 Å². The van der Waals surface area contributed by atoms with E-state index in [0.717, 1.165) is 0 Å². The molecule has 0 aliphatic carbocycles. The van der Waals surface area contributed by atoms with Crippen LogP contribution in [-0.2, 0) is 0 Å². The zero-order valence-corrected chi connectivity index (χ0v) is 12.4. The third-order valence-corrected chi connectivity index (χ3v) is 3.46. The number of hydrogen-bond donors (Lipinski definition) is 1. The minimum Gasteiger partial charge on any atom is -0.478 e. The van der Waals surface area contributed by atoms with Gasteiger partial charge in [-0.2, -0.15) is 0 Å². The molecule has 114 valence electrons. The first-order chi connectivity index (χ1) is 11.0. The quantitative estimate of drug-likeness (QED) is 0.794. The Kier molecular flexibility index (Phi) is 3.95. The molecule has 23 heavy (non-hydrogen) atoms. The molecule has 0 aliphatic heterocycles. The van der Waals surface area contributed by atoms with Gasteiger partial charge in [0, 0.05) is 0 Å². The van der Waals surface area contributed by atoms with Gasteiger partial charge in [0.15, 0.2) is 0 Å². The lowest BCUT2D eigenvalue weighted by atomic mass is 10.1. The first-order valence-electron chi connectivity index (χ1n) is 6.65. The number of benzene rings is 2. The number of para-hydroxylation sites is 1. The van der Waals surface area contributed by atoms with Gasteiger partial charge < -0.3 is 9.52 Å². The van der Waals surface area contributed by atoms with E-state index in [2.05, 4.69) is 4.98 Å². The van der Waals surface area contributed by atoms with Crippen molar-refractivity contribution >= 4 is 39.6 Å². The molecule has 0 radical (unpaired) electrons. The molecule has 3 aromatic rings. The lowest BCUT2D eigenvalue weighted by Crippen LogP contribution is -2.03. The van der Waals surface area contributed by atoms with E-state index in [0.29, 0.717) is 16.5 Å². The summed E-state index contributed by atoms with van der Waals surface area (Å²) in [6.07, 6.45) is 1.55. The second kappa shape index (κ2) is 6.06.